The molecule has 0 bridgehead atoms. The maximum absolute atomic E-state index is 12.7. The lowest BCUT2D eigenvalue weighted by Crippen LogP contribution is -2.69. The SMILES string of the molecule is CC(=O)N[C@H]1C(O)[C@H](O[C@@H]2OC(CO)[C@H](O)C(O)[C@@H]2NC(=O)c2ccco2)C(CO)O[C@H]1Oc1ccc2c(C)cc(=O)oc2c1. The van der Waals surface area contributed by atoms with E-state index in [1.54, 1.807) is 19.1 Å². The van der Waals surface area contributed by atoms with Gasteiger partial charge in [0.1, 0.15) is 60.0 Å². The summed E-state index contributed by atoms with van der Waals surface area (Å²) in [6.07, 6.45) is -10.9. The molecular weight excluding hydrogens is 600 g/mol. The molecule has 244 valence electrons. The molecule has 2 aromatic heterocycles. The van der Waals surface area contributed by atoms with Gasteiger partial charge in [0.25, 0.3) is 5.91 Å². The lowest BCUT2D eigenvalue weighted by Gasteiger charge is -2.48. The van der Waals surface area contributed by atoms with Crippen LogP contribution in [0.15, 0.2) is 56.3 Å². The van der Waals surface area contributed by atoms with Crippen molar-refractivity contribution in [3.8, 4) is 5.75 Å². The summed E-state index contributed by atoms with van der Waals surface area (Å²) in [5.74, 6) is -1.34. The largest absolute Gasteiger partial charge is 0.462 e. The van der Waals surface area contributed by atoms with Crippen molar-refractivity contribution < 1.29 is 62.9 Å². The van der Waals surface area contributed by atoms with Crippen molar-refractivity contribution in [2.75, 3.05) is 13.2 Å². The summed E-state index contributed by atoms with van der Waals surface area (Å²) in [4.78, 5) is 36.8. The second-order valence-corrected chi connectivity index (χ2v) is 10.8. The molecule has 0 spiro atoms. The van der Waals surface area contributed by atoms with Gasteiger partial charge in [-0.2, -0.15) is 0 Å². The number of benzene rings is 1. The number of ether oxygens (including phenoxy) is 4. The Hall–Kier alpha value is -3.87. The molecule has 0 aliphatic carbocycles. The van der Waals surface area contributed by atoms with Crippen molar-refractivity contribution in [1.82, 2.24) is 10.6 Å². The fraction of sp³-hybridized carbons (Fsp3) is 0.483. The van der Waals surface area contributed by atoms with Crippen LogP contribution in [0, 0.1) is 6.92 Å². The summed E-state index contributed by atoms with van der Waals surface area (Å²) in [5, 5.41) is 58.4. The van der Waals surface area contributed by atoms with Crippen molar-refractivity contribution >= 4 is 22.8 Å². The Kier molecular flexibility index (Phi) is 9.85. The molecule has 0 saturated carbocycles. The van der Waals surface area contributed by atoms with Gasteiger partial charge in [-0.15, -0.1) is 0 Å². The molecular formula is C29H34N2O14. The van der Waals surface area contributed by atoms with E-state index in [1.165, 1.54) is 37.5 Å². The fourth-order valence-electron chi connectivity index (χ4n) is 5.37. The van der Waals surface area contributed by atoms with Gasteiger partial charge in [-0.05, 0) is 36.8 Å². The molecule has 5 rings (SSSR count). The Labute approximate surface area is 255 Å². The molecule has 4 unspecified atom stereocenters. The molecule has 3 aromatic rings. The zero-order chi connectivity index (χ0) is 32.4. The quantitative estimate of drug-likeness (QED) is 0.130. The van der Waals surface area contributed by atoms with Crippen molar-refractivity contribution in [1.29, 1.82) is 0 Å². The number of hydrogen-bond donors (Lipinski definition) is 7. The van der Waals surface area contributed by atoms with E-state index in [9.17, 15) is 39.9 Å². The fourth-order valence-corrected chi connectivity index (χ4v) is 5.37. The summed E-state index contributed by atoms with van der Waals surface area (Å²) in [6, 6.07) is 6.05. The van der Waals surface area contributed by atoms with E-state index in [4.69, 9.17) is 27.8 Å². The summed E-state index contributed by atoms with van der Waals surface area (Å²) >= 11 is 0. The number of rotatable bonds is 9. The van der Waals surface area contributed by atoms with Crippen LogP contribution in [0.4, 0.5) is 0 Å². The zero-order valence-corrected chi connectivity index (χ0v) is 24.1. The first-order valence-corrected chi connectivity index (χ1v) is 14.1. The number of carbonyl (C=O) groups excluding carboxylic acids is 2. The molecule has 2 aliphatic rings. The second-order valence-electron chi connectivity index (χ2n) is 10.8. The molecule has 0 radical (unpaired) electrons. The first-order chi connectivity index (χ1) is 21.5. The van der Waals surface area contributed by atoms with Crippen LogP contribution in [0.25, 0.3) is 11.0 Å². The molecule has 16 nitrogen and oxygen atoms in total. The van der Waals surface area contributed by atoms with Crippen molar-refractivity contribution in [2.24, 2.45) is 0 Å². The van der Waals surface area contributed by atoms with E-state index in [0.29, 0.717) is 10.9 Å². The number of furan rings is 1. The molecule has 2 fully saturated rings. The molecule has 45 heavy (non-hydrogen) atoms. The number of nitrogens with one attached hydrogen (secondary N) is 2. The van der Waals surface area contributed by atoms with Crippen LogP contribution in [0.1, 0.15) is 23.0 Å². The van der Waals surface area contributed by atoms with Crippen molar-refractivity contribution in [2.45, 2.75) is 75.1 Å². The van der Waals surface area contributed by atoms with Crippen LogP contribution in [-0.2, 0) is 19.0 Å². The van der Waals surface area contributed by atoms with Gasteiger partial charge in [0.05, 0.1) is 19.5 Å². The third-order valence-electron chi connectivity index (χ3n) is 7.61. The molecule has 7 N–H and O–H groups in total. The number of aliphatic hydroxyl groups is 5. The van der Waals surface area contributed by atoms with Gasteiger partial charge < -0.3 is 63.9 Å². The first kappa shape index (κ1) is 32.5. The van der Waals surface area contributed by atoms with Gasteiger partial charge in [-0.25, -0.2) is 4.79 Å². The molecule has 16 heteroatoms. The Morgan fingerprint density at radius 2 is 1.62 bits per heavy atom. The first-order valence-electron chi connectivity index (χ1n) is 14.1. The predicted molar refractivity (Wildman–Crippen MR) is 150 cm³/mol. The Balaban J connectivity index is 1.41. The smallest absolute Gasteiger partial charge is 0.336 e. The highest BCUT2D eigenvalue weighted by Gasteiger charge is 2.52. The minimum absolute atomic E-state index is 0.122. The molecule has 1 aromatic carbocycles. The minimum atomic E-state index is -1.71. The van der Waals surface area contributed by atoms with Gasteiger partial charge in [0, 0.05) is 24.4 Å². The van der Waals surface area contributed by atoms with Crippen LogP contribution < -0.4 is 21.0 Å². The monoisotopic (exact) mass is 634 g/mol. The van der Waals surface area contributed by atoms with Crippen LogP contribution in [0.3, 0.4) is 0 Å². The molecule has 2 saturated heterocycles. The standard InChI is InChI=1S/C29H34N2O14/c1-12-8-20(35)42-17-9-14(5-6-15(12)17)41-28-22(30-13(2)34)25(38)26(19(11-33)44-28)45-29-21(24(37)23(36)18(10-32)43-29)31-27(39)16-4-3-7-40-16/h3-9,18-19,21-26,28-29,32-33,36-38H,10-11H2,1-2H3,(H,30,34)(H,31,39)/t18?,19?,21-,22-,23-,24?,25?,26+,28+,29-/m0/s1. The van der Waals surface area contributed by atoms with Crippen molar-refractivity contribution in [3.05, 3.63) is 64.4 Å². The van der Waals surface area contributed by atoms with Gasteiger partial charge in [0.2, 0.25) is 12.2 Å². The van der Waals surface area contributed by atoms with E-state index < -0.39 is 91.9 Å². The third kappa shape index (κ3) is 6.87. The van der Waals surface area contributed by atoms with Crippen molar-refractivity contribution in [3.63, 3.8) is 0 Å². The summed E-state index contributed by atoms with van der Waals surface area (Å²) in [5.41, 5.74) is 0.335. The highest BCUT2D eigenvalue weighted by atomic mass is 16.7. The third-order valence-corrected chi connectivity index (χ3v) is 7.61. The highest BCUT2D eigenvalue weighted by Crippen LogP contribution is 2.31. The topological polar surface area (TPSA) is 240 Å². The van der Waals surface area contributed by atoms with E-state index in [0.717, 1.165) is 0 Å². The molecule has 2 amide bonds. The minimum Gasteiger partial charge on any atom is -0.462 e. The molecule has 2 aliphatic heterocycles. The summed E-state index contributed by atoms with van der Waals surface area (Å²) in [7, 11) is 0. The maximum atomic E-state index is 12.7. The average molecular weight is 635 g/mol. The predicted octanol–water partition coefficient (Wildman–Crippen LogP) is -1.72. The Bertz CT molecular complexity index is 1540. The number of carbonyl (C=O) groups is 2. The number of aryl methyl sites for hydroxylation is 1. The average Bonchev–Trinajstić information content (AvgIpc) is 3.54. The number of fused-ring (bicyclic) bond motifs is 1. The Morgan fingerprint density at radius 3 is 2.29 bits per heavy atom. The molecule has 10 atom stereocenters. The van der Waals surface area contributed by atoms with Crippen LogP contribution in [0.2, 0.25) is 0 Å². The molecule has 4 heterocycles. The zero-order valence-electron chi connectivity index (χ0n) is 24.1. The van der Waals surface area contributed by atoms with Crippen LogP contribution >= 0.6 is 0 Å². The van der Waals surface area contributed by atoms with E-state index in [2.05, 4.69) is 10.6 Å². The number of amides is 2. The van der Waals surface area contributed by atoms with Gasteiger partial charge in [-0.3, -0.25) is 9.59 Å². The van der Waals surface area contributed by atoms with Gasteiger partial charge in [-0.1, -0.05) is 0 Å². The van der Waals surface area contributed by atoms with Crippen LogP contribution in [-0.4, -0.2) is 112 Å². The second kappa shape index (κ2) is 13.6. The lowest BCUT2D eigenvalue weighted by molar-refractivity contribution is -0.324. The maximum Gasteiger partial charge on any atom is 0.336 e. The van der Waals surface area contributed by atoms with E-state index >= 15 is 0 Å². The lowest BCUT2D eigenvalue weighted by atomic mass is 9.94. The highest BCUT2D eigenvalue weighted by molar-refractivity contribution is 5.91. The Morgan fingerprint density at radius 1 is 0.911 bits per heavy atom. The van der Waals surface area contributed by atoms with Gasteiger partial charge in [0.15, 0.2) is 12.1 Å². The number of hydrogen-bond acceptors (Lipinski definition) is 14. The number of aliphatic hydroxyl groups excluding tert-OH is 5. The summed E-state index contributed by atoms with van der Waals surface area (Å²) < 4.78 is 33.9. The summed E-state index contributed by atoms with van der Waals surface area (Å²) in [6.45, 7) is 1.47. The van der Waals surface area contributed by atoms with Crippen LogP contribution in [0.5, 0.6) is 5.75 Å². The van der Waals surface area contributed by atoms with Gasteiger partial charge >= 0.3 is 5.63 Å². The van der Waals surface area contributed by atoms with E-state index in [-0.39, 0.29) is 17.1 Å². The normalized spacial score (nSPS) is 31.8. The van der Waals surface area contributed by atoms with E-state index in [1.807, 2.05) is 0 Å².